The fraction of sp³-hybridized carbons (Fsp3) is 0.231. The molecule has 3 nitrogen and oxygen atoms in total. The predicted octanol–water partition coefficient (Wildman–Crippen LogP) is 7.03. The summed E-state index contributed by atoms with van der Waals surface area (Å²) in [6, 6.07) is 29.6. The van der Waals surface area contributed by atoms with E-state index in [1.54, 1.807) is 0 Å². The molecule has 4 aromatic rings. The van der Waals surface area contributed by atoms with Gasteiger partial charge in [-0.15, -0.1) is 0 Å². The van der Waals surface area contributed by atoms with Gasteiger partial charge in [-0.1, -0.05) is 72.8 Å². The SMILES string of the molecule is BrC1(C(OC(c2ccc3ccccc3c2)C2(Br)CO2)c2ccc3ccccc3c2)CO1. The zero-order valence-electron chi connectivity index (χ0n) is 16.6. The number of hydrogen-bond donors (Lipinski definition) is 0. The fourth-order valence-electron chi connectivity index (χ4n) is 4.18. The Labute approximate surface area is 197 Å². The Hall–Kier alpha value is -1.76. The minimum absolute atomic E-state index is 0.285. The Bertz CT molecular complexity index is 1180. The maximum atomic E-state index is 6.83. The Morgan fingerprint density at radius 3 is 1.39 bits per heavy atom. The minimum atomic E-state index is -0.525. The number of fused-ring (bicyclic) bond motifs is 2. The molecule has 4 unspecified atom stereocenters. The van der Waals surface area contributed by atoms with Crippen LogP contribution in [0.5, 0.6) is 0 Å². The molecule has 31 heavy (non-hydrogen) atoms. The van der Waals surface area contributed by atoms with Crippen molar-refractivity contribution < 1.29 is 14.2 Å². The fourth-order valence-corrected chi connectivity index (χ4v) is 5.15. The van der Waals surface area contributed by atoms with Crippen LogP contribution < -0.4 is 0 Å². The van der Waals surface area contributed by atoms with Crippen LogP contribution >= 0.6 is 31.9 Å². The highest BCUT2D eigenvalue weighted by Crippen LogP contribution is 2.55. The standard InChI is InChI=1S/C26H20Br2O3/c27-25(15-29-25)23(21-11-9-17-5-1-3-7-19(17)13-21)31-24(26(28)16-30-26)22-12-10-18-6-2-4-8-20(18)14-22/h1-14,23-24H,15-16H2. The summed E-state index contributed by atoms with van der Waals surface area (Å²) in [4.78, 5) is 0. The molecule has 0 amide bonds. The highest BCUT2D eigenvalue weighted by Gasteiger charge is 2.57. The number of ether oxygens (including phenoxy) is 3. The van der Waals surface area contributed by atoms with Gasteiger partial charge in [0, 0.05) is 0 Å². The zero-order chi connectivity index (χ0) is 21.1. The van der Waals surface area contributed by atoms with Gasteiger partial charge in [-0.25, -0.2) is 0 Å². The second-order valence-electron chi connectivity index (χ2n) is 8.26. The van der Waals surface area contributed by atoms with E-state index in [0.29, 0.717) is 13.2 Å². The van der Waals surface area contributed by atoms with E-state index in [2.05, 4.69) is 117 Å². The quantitative estimate of drug-likeness (QED) is 0.195. The van der Waals surface area contributed by atoms with Gasteiger partial charge in [-0.3, -0.25) is 0 Å². The second-order valence-corrected chi connectivity index (χ2v) is 10.9. The van der Waals surface area contributed by atoms with Gasteiger partial charge < -0.3 is 14.2 Å². The minimum Gasteiger partial charge on any atom is -0.357 e. The lowest BCUT2D eigenvalue weighted by molar-refractivity contribution is -0.0522. The highest BCUT2D eigenvalue weighted by atomic mass is 79.9. The predicted molar refractivity (Wildman–Crippen MR) is 130 cm³/mol. The van der Waals surface area contributed by atoms with Crippen LogP contribution in [0.3, 0.4) is 0 Å². The van der Waals surface area contributed by atoms with Crippen molar-refractivity contribution in [2.75, 3.05) is 13.2 Å². The third kappa shape index (κ3) is 3.73. The van der Waals surface area contributed by atoms with Crippen LogP contribution in [0.25, 0.3) is 21.5 Å². The van der Waals surface area contributed by atoms with Crippen molar-refractivity contribution >= 4 is 53.4 Å². The first-order chi connectivity index (χ1) is 15.0. The average molecular weight is 540 g/mol. The van der Waals surface area contributed by atoms with Gasteiger partial charge in [-0.2, -0.15) is 0 Å². The monoisotopic (exact) mass is 538 g/mol. The van der Waals surface area contributed by atoms with E-state index >= 15 is 0 Å². The Balaban J connectivity index is 1.41. The Morgan fingerprint density at radius 2 is 1.00 bits per heavy atom. The summed E-state index contributed by atoms with van der Waals surface area (Å²) in [5, 5.41) is 4.78. The van der Waals surface area contributed by atoms with E-state index in [-0.39, 0.29) is 12.2 Å². The molecule has 5 heteroatoms. The molecule has 2 saturated heterocycles. The van der Waals surface area contributed by atoms with Crippen LogP contribution in [0.2, 0.25) is 0 Å². The zero-order valence-corrected chi connectivity index (χ0v) is 19.8. The first kappa shape index (κ1) is 19.9. The van der Waals surface area contributed by atoms with Crippen LogP contribution in [0.1, 0.15) is 23.3 Å². The summed E-state index contributed by atoms with van der Waals surface area (Å²) >= 11 is 7.56. The van der Waals surface area contributed by atoms with Crippen LogP contribution in [0.15, 0.2) is 84.9 Å². The number of rotatable bonds is 6. The molecule has 0 radical (unpaired) electrons. The van der Waals surface area contributed by atoms with Crippen molar-refractivity contribution in [2.24, 2.45) is 0 Å². The topological polar surface area (TPSA) is 34.3 Å². The second kappa shape index (κ2) is 7.39. The molecule has 0 aliphatic carbocycles. The van der Waals surface area contributed by atoms with E-state index in [1.807, 2.05) is 0 Å². The summed E-state index contributed by atoms with van der Waals surface area (Å²) in [6.07, 6.45) is -0.570. The summed E-state index contributed by atoms with van der Waals surface area (Å²) < 4.78 is 17.4. The van der Waals surface area contributed by atoms with Gasteiger partial charge in [-0.05, 0) is 76.7 Å². The molecule has 156 valence electrons. The van der Waals surface area contributed by atoms with Crippen molar-refractivity contribution in [2.45, 2.75) is 21.2 Å². The number of halogens is 2. The Morgan fingerprint density at radius 1 is 0.613 bits per heavy atom. The maximum Gasteiger partial charge on any atom is 0.176 e. The molecule has 2 aliphatic rings. The number of alkyl halides is 2. The van der Waals surface area contributed by atoms with Crippen molar-refractivity contribution in [1.29, 1.82) is 0 Å². The molecule has 2 aliphatic heterocycles. The summed E-state index contributed by atoms with van der Waals surface area (Å²) in [7, 11) is 0. The van der Waals surface area contributed by atoms with Gasteiger partial charge in [0.25, 0.3) is 0 Å². The van der Waals surface area contributed by atoms with Gasteiger partial charge >= 0.3 is 0 Å². The van der Waals surface area contributed by atoms with E-state index in [0.717, 1.165) is 11.1 Å². The molecule has 0 bridgehead atoms. The highest BCUT2D eigenvalue weighted by molar-refractivity contribution is 9.10. The first-order valence-corrected chi connectivity index (χ1v) is 11.9. The Kier molecular flexibility index (Phi) is 4.74. The lowest BCUT2D eigenvalue weighted by Gasteiger charge is -2.29. The lowest BCUT2D eigenvalue weighted by atomic mass is 9.99. The molecule has 0 aromatic heterocycles. The molecule has 6 rings (SSSR count). The number of benzene rings is 4. The largest absolute Gasteiger partial charge is 0.357 e. The van der Waals surface area contributed by atoms with Crippen molar-refractivity contribution in [3.8, 4) is 0 Å². The number of epoxide rings is 2. The van der Waals surface area contributed by atoms with Gasteiger partial charge in [0.1, 0.15) is 12.2 Å². The van der Waals surface area contributed by atoms with Crippen LogP contribution in [0.4, 0.5) is 0 Å². The van der Waals surface area contributed by atoms with E-state index < -0.39 is 9.02 Å². The van der Waals surface area contributed by atoms with E-state index in [1.165, 1.54) is 21.5 Å². The first-order valence-electron chi connectivity index (χ1n) is 10.3. The van der Waals surface area contributed by atoms with Crippen LogP contribution in [-0.4, -0.2) is 22.2 Å². The normalized spacial score (nSPS) is 26.6. The van der Waals surface area contributed by atoms with Crippen molar-refractivity contribution in [1.82, 2.24) is 0 Å². The number of hydrogen-bond acceptors (Lipinski definition) is 3. The summed E-state index contributed by atoms with van der Waals surface area (Å²) in [6.45, 7) is 1.20. The third-order valence-corrected chi connectivity index (χ3v) is 7.80. The smallest absolute Gasteiger partial charge is 0.176 e. The molecule has 2 fully saturated rings. The van der Waals surface area contributed by atoms with E-state index in [4.69, 9.17) is 14.2 Å². The van der Waals surface area contributed by atoms with Gasteiger partial charge in [0.05, 0.1) is 13.2 Å². The summed E-state index contributed by atoms with van der Waals surface area (Å²) in [5.74, 6) is 0. The van der Waals surface area contributed by atoms with E-state index in [9.17, 15) is 0 Å². The molecule has 2 heterocycles. The maximum absolute atomic E-state index is 6.83. The molecule has 0 saturated carbocycles. The van der Waals surface area contributed by atoms with Gasteiger partial charge in [0.15, 0.2) is 9.02 Å². The molecule has 4 atom stereocenters. The molecular weight excluding hydrogens is 520 g/mol. The third-order valence-electron chi connectivity index (χ3n) is 6.05. The van der Waals surface area contributed by atoms with Crippen LogP contribution in [0, 0.1) is 0 Å². The van der Waals surface area contributed by atoms with Crippen molar-refractivity contribution in [3.63, 3.8) is 0 Å². The average Bonchev–Trinajstić information content (AvgIpc) is 3.73. The molecular formula is C26H20Br2O3. The lowest BCUT2D eigenvalue weighted by Crippen LogP contribution is -2.27. The molecule has 4 aromatic carbocycles. The van der Waals surface area contributed by atoms with Gasteiger partial charge in [0.2, 0.25) is 0 Å². The van der Waals surface area contributed by atoms with Crippen LogP contribution in [-0.2, 0) is 14.2 Å². The molecule has 0 spiro atoms. The molecule has 0 N–H and O–H groups in total. The van der Waals surface area contributed by atoms with Crippen molar-refractivity contribution in [3.05, 3.63) is 96.1 Å². The summed E-state index contributed by atoms with van der Waals surface area (Å²) in [5.41, 5.74) is 2.16.